The normalized spacial score (nSPS) is 12.4. The van der Waals surface area contributed by atoms with Crippen LogP contribution < -0.4 is 5.32 Å². The predicted molar refractivity (Wildman–Crippen MR) is 82.4 cm³/mol. The first-order valence-electron chi connectivity index (χ1n) is 7.23. The van der Waals surface area contributed by atoms with Gasteiger partial charge in [-0.1, -0.05) is 42.0 Å². The summed E-state index contributed by atoms with van der Waals surface area (Å²) in [5, 5.41) is 3.14. The number of benzene rings is 2. The maximum Gasteiger partial charge on any atom is 0.162 e. The van der Waals surface area contributed by atoms with Gasteiger partial charge in [-0.3, -0.25) is 0 Å². The Morgan fingerprint density at radius 2 is 1.71 bits per heavy atom. The monoisotopic (exact) mass is 289 g/mol. The highest BCUT2D eigenvalue weighted by molar-refractivity contribution is 5.23. The lowest BCUT2D eigenvalue weighted by Crippen LogP contribution is -2.23. The molecule has 112 valence electrons. The van der Waals surface area contributed by atoms with Crippen LogP contribution in [0.1, 0.15) is 16.7 Å². The van der Waals surface area contributed by atoms with Crippen molar-refractivity contribution < 1.29 is 8.78 Å². The SMILES string of the molecule is CNCC(Cc1ccc(C)cc1)Cc1cccc(F)c1F. The Morgan fingerprint density at radius 3 is 2.38 bits per heavy atom. The Balaban J connectivity index is 2.11. The first-order valence-corrected chi connectivity index (χ1v) is 7.23. The van der Waals surface area contributed by atoms with Gasteiger partial charge in [0.05, 0.1) is 0 Å². The fourth-order valence-electron chi connectivity index (χ4n) is 2.58. The molecule has 0 spiro atoms. The molecule has 2 aromatic carbocycles. The second-order valence-electron chi connectivity index (χ2n) is 5.53. The molecule has 0 saturated carbocycles. The average molecular weight is 289 g/mol. The van der Waals surface area contributed by atoms with E-state index < -0.39 is 11.6 Å². The van der Waals surface area contributed by atoms with Crippen LogP contribution in [0.25, 0.3) is 0 Å². The molecule has 2 rings (SSSR count). The summed E-state index contributed by atoms with van der Waals surface area (Å²) in [5.41, 5.74) is 2.89. The van der Waals surface area contributed by atoms with Gasteiger partial charge in [-0.15, -0.1) is 0 Å². The predicted octanol–water partition coefficient (Wildman–Crippen LogP) is 3.89. The van der Waals surface area contributed by atoms with Crippen LogP contribution in [-0.2, 0) is 12.8 Å². The Bertz CT molecular complexity index is 578. The molecule has 1 unspecified atom stereocenters. The van der Waals surface area contributed by atoms with Crippen molar-refractivity contribution in [3.05, 3.63) is 70.8 Å². The van der Waals surface area contributed by atoms with Crippen LogP contribution in [-0.4, -0.2) is 13.6 Å². The number of halogens is 2. The molecule has 0 aliphatic rings. The Morgan fingerprint density at radius 1 is 1.00 bits per heavy atom. The summed E-state index contributed by atoms with van der Waals surface area (Å²) in [5.74, 6) is -1.26. The smallest absolute Gasteiger partial charge is 0.162 e. The van der Waals surface area contributed by atoms with Gasteiger partial charge in [0.15, 0.2) is 11.6 Å². The van der Waals surface area contributed by atoms with Gasteiger partial charge in [-0.05, 0) is 56.5 Å². The molecule has 1 nitrogen and oxygen atoms in total. The highest BCUT2D eigenvalue weighted by atomic mass is 19.2. The molecule has 0 radical (unpaired) electrons. The van der Waals surface area contributed by atoms with Crippen LogP contribution in [0.3, 0.4) is 0 Å². The molecule has 0 aliphatic heterocycles. The first-order chi connectivity index (χ1) is 10.1. The lowest BCUT2D eigenvalue weighted by atomic mass is 9.92. The highest BCUT2D eigenvalue weighted by Gasteiger charge is 2.14. The van der Waals surface area contributed by atoms with Crippen molar-refractivity contribution in [1.82, 2.24) is 5.32 Å². The number of hydrogen-bond donors (Lipinski definition) is 1. The van der Waals surface area contributed by atoms with E-state index >= 15 is 0 Å². The van der Waals surface area contributed by atoms with Crippen LogP contribution >= 0.6 is 0 Å². The minimum absolute atomic E-state index is 0.231. The molecule has 1 N–H and O–H groups in total. The molecule has 0 bridgehead atoms. The number of rotatable bonds is 6. The van der Waals surface area contributed by atoms with Crippen molar-refractivity contribution in [2.75, 3.05) is 13.6 Å². The zero-order valence-corrected chi connectivity index (χ0v) is 12.5. The van der Waals surface area contributed by atoms with E-state index in [0.29, 0.717) is 12.0 Å². The summed E-state index contributed by atoms with van der Waals surface area (Å²) < 4.78 is 27.1. The van der Waals surface area contributed by atoms with Gasteiger partial charge < -0.3 is 5.32 Å². The molecule has 3 heteroatoms. The Labute approximate surface area is 125 Å². The molecule has 2 aromatic rings. The number of aryl methyl sites for hydroxylation is 1. The van der Waals surface area contributed by atoms with Gasteiger partial charge in [0.1, 0.15) is 0 Å². The van der Waals surface area contributed by atoms with Crippen molar-refractivity contribution in [2.24, 2.45) is 5.92 Å². The third-order valence-corrected chi connectivity index (χ3v) is 3.68. The van der Waals surface area contributed by atoms with Crippen molar-refractivity contribution in [3.8, 4) is 0 Å². The second kappa shape index (κ2) is 7.32. The van der Waals surface area contributed by atoms with E-state index in [1.54, 1.807) is 12.1 Å². The van der Waals surface area contributed by atoms with Gasteiger partial charge in [0, 0.05) is 0 Å². The maximum absolute atomic E-state index is 13.8. The van der Waals surface area contributed by atoms with Crippen LogP contribution in [0.15, 0.2) is 42.5 Å². The fourth-order valence-corrected chi connectivity index (χ4v) is 2.58. The van der Waals surface area contributed by atoms with Crippen LogP contribution in [0.2, 0.25) is 0 Å². The molecule has 1 atom stereocenters. The summed E-state index contributed by atoms with van der Waals surface area (Å²) in [6.45, 7) is 2.82. The van der Waals surface area contributed by atoms with Crippen LogP contribution in [0, 0.1) is 24.5 Å². The zero-order chi connectivity index (χ0) is 15.2. The molecule has 0 aliphatic carbocycles. The molecule has 21 heavy (non-hydrogen) atoms. The summed E-state index contributed by atoms with van der Waals surface area (Å²) in [6.07, 6.45) is 1.37. The molecule has 0 aromatic heterocycles. The zero-order valence-electron chi connectivity index (χ0n) is 12.5. The van der Waals surface area contributed by atoms with E-state index in [2.05, 4.69) is 36.5 Å². The third-order valence-electron chi connectivity index (χ3n) is 3.68. The van der Waals surface area contributed by atoms with E-state index in [0.717, 1.165) is 19.0 Å². The largest absolute Gasteiger partial charge is 0.319 e. The first kappa shape index (κ1) is 15.6. The van der Waals surface area contributed by atoms with Gasteiger partial charge >= 0.3 is 0 Å². The molecule has 0 amide bonds. The lowest BCUT2D eigenvalue weighted by molar-refractivity contribution is 0.459. The number of hydrogen-bond acceptors (Lipinski definition) is 1. The standard InChI is InChI=1S/C18H21F2N/c1-13-6-8-14(9-7-13)10-15(12-21-2)11-16-4-3-5-17(19)18(16)20/h3-9,15,21H,10-12H2,1-2H3. The lowest BCUT2D eigenvalue weighted by Gasteiger charge is -2.17. The fraction of sp³-hybridized carbons (Fsp3) is 0.333. The average Bonchev–Trinajstić information content (AvgIpc) is 2.46. The van der Waals surface area contributed by atoms with Crippen molar-refractivity contribution in [3.63, 3.8) is 0 Å². The van der Waals surface area contributed by atoms with Gasteiger partial charge in [-0.25, -0.2) is 8.78 Å². The summed E-state index contributed by atoms with van der Waals surface area (Å²) >= 11 is 0. The topological polar surface area (TPSA) is 12.0 Å². The van der Waals surface area contributed by atoms with Crippen molar-refractivity contribution in [1.29, 1.82) is 0 Å². The quantitative estimate of drug-likeness (QED) is 0.850. The van der Waals surface area contributed by atoms with E-state index in [1.807, 2.05) is 7.05 Å². The van der Waals surface area contributed by atoms with Crippen molar-refractivity contribution in [2.45, 2.75) is 19.8 Å². The summed E-state index contributed by atoms with van der Waals surface area (Å²) in [7, 11) is 1.88. The van der Waals surface area contributed by atoms with Crippen LogP contribution in [0.4, 0.5) is 8.78 Å². The molecular formula is C18H21F2N. The second-order valence-corrected chi connectivity index (χ2v) is 5.53. The highest BCUT2D eigenvalue weighted by Crippen LogP contribution is 2.19. The Kier molecular flexibility index (Phi) is 5.45. The van der Waals surface area contributed by atoms with E-state index in [9.17, 15) is 8.78 Å². The van der Waals surface area contributed by atoms with Gasteiger partial charge in [0.25, 0.3) is 0 Å². The van der Waals surface area contributed by atoms with E-state index in [1.165, 1.54) is 11.1 Å². The molecule has 0 fully saturated rings. The summed E-state index contributed by atoms with van der Waals surface area (Å²) in [4.78, 5) is 0. The summed E-state index contributed by atoms with van der Waals surface area (Å²) in [6, 6.07) is 12.7. The minimum atomic E-state index is -0.772. The Hall–Kier alpha value is -1.74. The minimum Gasteiger partial charge on any atom is -0.319 e. The number of nitrogens with one attached hydrogen (secondary N) is 1. The molecule has 0 heterocycles. The van der Waals surface area contributed by atoms with Crippen LogP contribution in [0.5, 0.6) is 0 Å². The molecular weight excluding hydrogens is 268 g/mol. The maximum atomic E-state index is 13.8. The van der Waals surface area contributed by atoms with E-state index in [4.69, 9.17) is 0 Å². The van der Waals surface area contributed by atoms with Crippen molar-refractivity contribution >= 4 is 0 Å². The van der Waals surface area contributed by atoms with Gasteiger partial charge in [0.2, 0.25) is 0 Å². The third kappa shape index (κ3) is 4.36. The van der Waals surface area contributed by atoms with Gasteiger partial charge in [-0.2, -0.15) is 0 Å². The molecule has 0 saturated heterocycles. The van der Waals surface area contributed by atoms with E-state index in [-0.39, 0.29) is 5.92 Å².